The Hall–Kier alpha value is -2.94. The van der Waals surface area contributed by atoms with Crippen LogP contribution in [0.4, 0.5) is 5.69 Å². The Kier molecular flexibility index (Phi) is 7.83. The van der Waals surface area contributed by atoms with E-state index in [-0.39, 0.29) is 17.7 Å². The summed E-state index contributed by atoms with van der Waals surface area (Å²) in [6.45, 7) is 3.61. The Morgan fingerprint density at radius 2 is 1.71 bits per heavy atom. The van der Waals surface area contributed by atoms with Gasteiger partial charge in [-0.15, -0.1) is 0 Å². The van der Waals surface area contributed by atoms with Crippen LogP contribution in [-0.2, 0) is 22.2 Å². The van der Waals surface area contributed by atoms with Gasteiger partial charge in [-0.25, -0.2) is 8.42 Å². The quantitative estimate of drug-likeness (QED) is 0.367. The average Bonchev–Trinajstić information content (AvgIpc) is 3.41. The fourth-order valence-electron chi connectivity index (χ4n) is 6.89. The molecule has 0 radical (unpaired) electrons. The highest BCUT2D eigenvalue weighted by Gasteiger charge is 2.39. The molecule has 2 fully saturated rings. The van der Waals surface area contributed by atoms with Crippen molar-refractivity contribution in [2.75, 3.05) is 38.1 Å². The molecule has 0 bridgehead atoms. The van der Waals surface area contributed by atoms with E-state index in [1.54, 1.807) is 31.3 Å². The summed E-state index contributed by atoms with van der Waals surface area (Å²) in [5.74, 6) is -0.0587. The van der Waals surface area contributed by atoms with Crippen LogP contribution >= 0.6 is 11.6 Å². The van der Waals surface area contributed by atoms with Crippen LogP contribution in [0.1, 0.15) is 65.2 Å². The second kappa shape index (κ2) is 11.4. The molecule has 1 aromatic heterocycles. The second-order valence-corrected chi connectivity index (χ2v) is 14.3. The van der Waals surface area contributed by atoms with Crippen LogP contribution in [0, 0.1) is 5.41 Å². The Morgan fingerprint density at radius 1 is 1.00 bits per heavy atom. The lowest BCUT2D eigenvalue weighted by atomic mass is 9.71. The number of aryl methyl sites for hydroxylation is 1. The van der Waals surface area contributed by atoms with E-state index in [2.05, 4.69) is 22.0 Å². The van der Waals surface area contributed by atoms with Gasteiger partial charge >= 0.3 is 0 Å². The van der Waals surface area contributed by atoms with Crippen LogP contribution in [0.25, 0.3) is 0 Å². The number of sulfonamides is 1. The van der Waals surface area contributed by atoms with Gasteiger partial charge in [0.05, 0.1) is 5.75 Å². The number of piperidine rings is 2. The normalized spacial score (nSPS) is 20.4. The molecule has 1 aliphatic carbocycles. The van der Waals surface area contributed by atoms with Gasteiger partial charge < -0.3 is 9.80 Å². The third-order valence-corrected chi connectivity index (χ3v) is 11.6. The minimum atomic E-state index is -3.57. The van der Waals surface area contributed by atoms with Crippen molar-refractivity contribution in [3.63, 3.8) is 0 Å². The molecule has 216 valence electrons. The third-order valence-electron chi connectivity index (χ3n) is 9.52. The number of aromatic nitrogens is 1. The third kappa shape index (κ3) is 5.87. The molecule has 2 aromatic carbocycles. The maximum Gasteiger partial charge on any atom is 0.253 e. The summed E-state index contributed by atoms with van der Waals surface area (Å²) in [4.78, 5) is 22.2. The number of hydrogen-bond donors (Lipinski definition) is 0. The number of halogens is 1. The summed E-state index contributed by atoms with van der Waals surface area (Å²) >= 11 is 6.08. The molecule has 1 amide bonds. The molecule has 6 rings (SSSR count). The van der Waals surface area contributed by atoms with Gasteiger partial charge in [0.25, 0.3) is 5.91 Å². The average molecular weight is 593 g/mol. The first-order chi connectivity index (χ1) is 19.7. The number of anilines is 1. The Balaban J connectivity index is 1.10. The number of hydrogen-bond acceptors (Lipinski definition) is 5. The lowest BCUT2D eigenvalue weighted by molar-refractivity contribution is 0.0515. The highest BCUT2D eigenvalue weighted by molar-refractivity contribution is 7.88. The predicted molar refractivity (Wildman–Crippen MR) is 163 cm³/mol. The highest BCUT2D eigenvalue weighted by Crippen LogP contribution is 2.43. The van der Waals surface area contributed by atoms with E-state index >= 15 is 0 Å². The molecule has 0 N–H and O–H groups in total. The predicted octanol–water partition coefficient (Wildman–Crippen LogP) is 5.71. The van der Waals surface area contributed by atoms with Crippen LogP contribution in [0.15, 0.2) is 67.0 Å². The molecule has 3 aromatic rings. The molecule has 2 aliphatic heterocycles. The Morgan fingerprint density at radius 3 is 2.41 bits per heavy atom. The molecule has 0 saturated carbocycles. The SMILES string of the molecule is CN(C1CCc2ccc(C(=O)N3CCC4(CC3)CCN(c3ccncc3)CC4)cc21)S(=O)(=O)Cc1cccc(Cl)c1. The van der Waals surface area contributed by atoms with Gasteiger partial charge in [0.2, 0.25) is 10.0 Å². The zero-order valence-corrected chi connectivity index (χ0v) is 25.1. The number of likely N-dealkylation sites (tertiary alicyclic amines) is 1. The minimum Gasteiger partial charge on any atom is -0.371 e. The standard InChI is InChI=1S/C32H37ClN4O3S/c1-35(41(39,40)23-24-3-2-4-27(33)21-24)30-8-7-25-5-6-26(22-29(25)30)31(38)37-19-13-32(14-20-37)11-17-36(18-12-32)28-9-15-34-16-10-28/h2-6,9-10,15-16,21-22,30H,7-8,11-14,17-20,23H2,1H3. The maximum atomic E-state index is 13.6. The zero-order valence-electron chi connectivity index (χ0n) is 23.5. The Labute approximate surface area is 248 Å². The van der Waals surface area contributed by atoms with Crippen molar-refractivity contribution in [2.45, 2.75) is 50.3 Å². The molecule has 2 saturated heterocycles. The van der Waals surface area contributed by atoms with Gasteiger partial charge in [-0.05, 0) is 97.0 Å². The van der Waals surface area contributed by atoms with Crippen LogP contribution in [0.5, 0.6) is 0 Å². The van der Waals surface area contributed by atoms with E-state index in [1.165, 1.54) is 9.99 Å². The smallest absolute Gasteiger partial charge is 0.253 e. The van der Waals surface area contributed by atoms with Gasteiger partial charge in [-0.2, -0.15) is 4.31 Å². The molecule has 7 nitrogen and oxygen atoms in total. The van der Waals surface area contributed by atoms with Crippen LogP contribution in [0.3, 0.4) is 0 Å². The molecule has 41 heavy (non-hydrogen) atoms. The van der Waals surface area contributed by atoms with Crippen LogP contribution in [0.2, 0.25) is 5.02 Å². The van der Waals surface area contributed by atoms with Crippen molar-refractivity contribution < 1.29 is 13.2 Å². The number of amides is 1. The molecule has 1 unspecified atom stereocenters. The molecular formula is C32H37ClN4O3S. The van der Waals surface area contributed by atoms with E-state index in [4.69, 9.17) is 11.6 Å². The van der Waals surface area contributed by atoms with Crippen molar-refractivity contribution in [2.24, 2.45) is 5.41 Å². The number of nitrogens with zero attached hydrogens (tertiary/aromatic N) is 4. The monoisotopic (exact) mass is 592 g/mol. The molecule has 3 heterocycles. The van der Waals surface area contributed by atoms with Crippen LogP contribution in [-0.4, -0.2) is 61.7 Å². The summed E-state index contributed by atoms with van der Waals surface area (Å²) in [5.41, 5.74) is 4.93. The topological polar surface area (TPSA) is 73.8 Å². The number of rotatable bonds is 6. The first-order valence-electron chi connectivity index (χ1n) is 14.5. The molecule has 1 spiro atoms. The number of carbonyl (C=O) groups excluding carboxylic acids is 1. The van der Waals surface area contributed by atoms with Gasteiger partial charge in [-0.3, -0.25) is 9.78 Å². The van der Waals surface area contributed by atoms with Gasteiger partial charge in [-0.1, -0.05) is 29.8 Å². The number of fused-ring (bicyclic) bond motifs is 1. The fourth-order valence-corrected chi connectivity index (χ4v) is 8.51. The highest BCUT2D eigenvalue weighted by atomic mass is 35.5. The maximum absolute atomic E-state index is 13.6. The first kappa shape index (κ1) is 28.2. The fraction of sp³-hybridized carbons (Fsp3) is 0.438. The molecule has 1 atom stereocenters. The number of benzene rings is 2. The van der Waals surface area contributed by atoms with Gasteiger partial charge in [0, 0.05) is 67.9 Å². The molecule has 3 aliphatic rings. The number of carbonyl (C=O) groups is 1. The summed E-state index contributed by atoms with van der Waals surface area (Å²) < 4.78 is 28.1. The van der Waals surface area contributed by atoms with Crippen molar-refractivity contribution in [1.29, 1.82) is 0 Å². The van der Waals surface area contributed by atoms with E-state index in [9.17, 15) is 13.2 Å². The minimum absolute atomic E-state index is 0.0481. The summed E-state index contributed by atoms with van der Waals surface area (Å²) in [7, 11) is -1.92. The Bertz CT molecular complexity index is 1510. The van der Waals surface area contributed by atoms with Crippen LogP contribution < -0.4 is 4.90 Å². The summed E-state index contributed by atoms with van der Waals surface area (Å²) in [6.07, 6.45) is 9.56. The largest absolute Gasteiger partial charge is 0.371 e. The van der Waals surface area contributed by atoms with Crippen molar-refractivity contribution in [3.05, 3.63) is 94.3 Å². The van der Waals surface area contributed by atoms with Crippen molar-refractivity contribution >= 4 is 33.2 Å². The lowest BCUT2D eigenvalue weighted by Crippen LogP contribution is -2.48. The van der Waals surface area contributed by atoms with E-state index in [0.717, 1.165) is 69.4 Å². The lowest BCUT2D eigenvalue weighted by Gasteiger charge is -2.47. The van der Waals surface area contributed by atoms with Gasteiger partial charge in [0.15, 0.2) is 0 Å². The first-order valence-corrected chi connectivity index (χ1v) is 16.5. The second-order valence-electron chi connectivity index (χ2n) is 11.9. The number of pyridine rings is 1. The summed E-state index contributed by atoms with van der Waals surface area (Å²) in [5, 5.41) is 0.522. The summed E-state index contributed by atoms with van der Waals surface area (Å²) in [6, 6.07) is 16.7. The van der Waals surface area contributed by atoms with Gasteiger partial charge in [0.1, 0.15) is 0 Å². The van der Waals surface area contributed by atoms with E-state index in [1.807, 2.05) is 35.5 Å². The van der Waals surface area contributed by atoms with Crippen molar-refractivity contribution in [3.8, 4) is 0 Å². The van der Waals surface area contributed by atoms with E-state index < -0.39 is 10.0 Å². The van der Waals surface area contributed by atoms with Crippen molar-refractivity contribution in [1.82, 2.24) is 14.2 Å². The zero-order chi connectivity index (χ0) is 28.6. The molecular weight excluding hydrogens is 556 g/mol. The molecule has 9 heteroatoms. The van der Waals surface area contributed by atoms with E-state index in [0.29, 0.717) is 28.0 Å².